The molecule has 18 heavy (non-hydrogen) atoms. The highest BCUT2D eigenvalue weighted by Gasteiger charge is 2.31. The Morgan fingerprint density at radius 2 is 2.06 bits per heavy atom. The number of nitrogens with one attached hydrogen (secondary N) is 1. The number of alkyl halides is 3. The van der Waals surface area contributed by atoms with Gasteiger partial charge in [-0.05, 0) is 24.6 Å². The van der Waals surface area contributed by atoms with Crippen molar-refractivity contribution in [3.05, 3.63) is 29.6 Å². The predicted molar refractivity (Wildman–Crippen MR) is 62.6 cm³/mol. The molecule has 0 saturated carbocycles. The Morgan fingerprint density at radius 3 is 2.50 bits per heavy atom. The molecule has 0 bridgehead atoms. The molecule has 0 aliphatic rings. The van der Waals surface area contributed by atoms with E-state index >= 15 is 0 Å². The molecule has 5 heteroatoms. The van der Waals surface area contributed by atoms with Crippen LogP contribution in [-0.2, 0) is 6.18 Å². The van der Waals surface area contributed by atoms with Crippen LogP contribution in [0.5, 0.6) is 0 Å². The highest BCUT2D eigenvalue weighted by molar-refractivity contribution is 5.47. The molecule has 0 amide bonds. The van der Waals surface area contributed by atoms with Crippen molar-refractivity contribution >= 4 is 5.69 Å². The lowest BCUT2D eigenvalue weighted by Gasteiger charge is -2.17. The number of hydrogen-bond acceptors (Lipinski definition) is 1. The van der Waals surface area contributed by atoms with E-state index in [0.29, 0.717) is 18.9 Å². The summed E-state index contributed by atoms with van der Waals surface area (Å²) in [5, 5.41) is 2.79. The third-order valence-electron chi connectivity index (χ3n) is 2.51. The fourth-order valence-corrected chi connectivity index (χ4v) is 1.47. The number of terminal acetylenes is 1. The van der Waals surface area contributed by atoms with Crippen molar-refractivity contribution in [3.63, 3.8) is 0 Å². The second-order valence-electron chi connectivity index (χ2n) is 3.85. The van der Waals surface area contributed by atoms with Crippen molar-refractivity contribution in [2.45, 2.75) is 32.0 Å². The molecule has 98 valence electrons. The number of hydrogen-bond donors (Lipinski definition) is 1. The van der Waals surface area contributed by atoms with E-state index in [9.17, 15) is 17.6 Å². The second-order valence-corrected chi connectivity index (χ2v) is 3.85. The molecule has 0 aliphatic carbocycles. The fourth-order valence-electron chi connectivity index (χ4n) is 1.47. The zero-order chi connectivity index (χ0) is 13.8. The largest absolute Gasteiger partial charge is 0.416 e. The third kappa shape index (κ3) is 3.66. The van der Waals surface area contributed by atoms with Crippen LogP contribution in [0.4, 0.5) is 23.2 Å². The first kappa shape index (κ1) is 14.4. The summed E-state index contributed by atoms with van der Waals surface area (Å²) in [5.74, 6) is 1.50. The number of halogens is 4. The lowest BCUT2D eigenvalue weighted by molar-refractivity contribution is -0.137. The summed E-state index contributed by atoms with van der Waals surface area (Å²) in [6, 6.07) is 2.25. The van der Waals surface area contributed by atoms with E-state index in [0.717, 1.165) is 12.1 Å². The van der Waals surface area contributed by atoms with Gasteiger partial charge >= 0.3 is 6.18 Å². The molecule has 1 aromatic carbocycles. The van der Waals surface area contributed by atoms with Crippen molar-refractivity contribution in [1.82, 2.24) is 0 Å². The Labute approximate surface area is 103 Å². The van der Waals surface area contributed by atoms with E-state index in [1.165, 1.54) is 0 Å². The molecule has 1 atom stereocenters. The van der Waals surface area contributed by atoms with Gasteiger partial charge in [-0.1, -0.05) is 6.92 Å². The van der Waals surface area contributed by atoms with E-state index in [-0.39, 0.29) is 11.7 Å². The van der Waals surface area contributed by atoms with E-state index in [1.54, 1.807) is 0 Å². The van der Waals surface area contributed by atoms with Crippen LogP contribution >= 0.6 is 0 Å². The molecule has 1 rings (SSSR count). The topological polar surface area (TPSA) is 12.0 Å². The Balaban J connectivity index is 2.90. The molecule has 1 N–H and O–H groups in total. The Bertz CT molecular complexity index is 445. The van der Waals surface area contributed by atoms with E-state index in [2.05, 4.69) is 11.2 Å². The maximum absolute atomic E-state index is 13.5. The molecule has 0 saturated heterocycles. The summed E-state index contributed by atoms with van der Waals surface area (Å²) in [7, 11) is 0. The maximum Gasteiger partial charge on any atom is 0.416 e. The van der Waals surface area contributed by atoms with Crippen LogP contribution in [0.15, 0.2) is 18.2 Å². The monoisotopic (exact) mass is 259 g/mol. The minimum atomic E-state index is -4.54. The molecular weight excluding hydrogens is 246 g/mol. The highest BCUT2D eigenvalue weighted by atomic mass is 19.4. The van der Waals surface area contributed by atoms with Crippen LogP contribution in [0, 0.1) is 18.2 Å². The average Bonchev–Trinajstić information content (AvgIpc) is 2.29. The lowest BCUT2D eigenvalue weighted by atomic mass is 10.1. The molecule has 0 fully saturated rings. The standard InChI is InChI=1S/C13H13F4N/c1-3-5-10(4-2)18-12-7-6-9(8-11(12)14)13(15,16)17/h1,6-8,10,18H,4-5H2,2H3. The van der Waals surface area contributed by atoms with Crippen molar-refractivity contribution in [1.29, 1.82) is 0 Å². The molecule has 1 aromatic rings. The van der Waals surface area contributed by atoms with Crippen LogP contribution < -0.4 is 5.32 Å². The molecule has 0 aromatic heterocycles. The minimum Gasteiger partial charge on any atom is -0.379 e. The van der Waals surface area contributed by atoms with Gasteiger partial charge in [0.1, 0.15) is 5.82 Å². The van der Waals surface area contributed by atoms with Gasteiger partial charge in [0.2, 0.25) is 0 Å². The minimum absolute atomic E-state index is 0.0325. The summed E-state index contributed by atoms with van der Waals surface area (Å²) in [4.78, 5) is 0. The van der Waals surface area contributed by atoms with Gasteiger partial charge in [0, 0.05) is 12.5 Å². The third-order valence-corrected chi connectivity index (χ3v) is 2.51. The van der Waals surface area contributed by atoms with Gasteiger partial charge < -0.3 is 5.32 Å². The first-order chi connectivity index (χ1) is 8.38. The molecule has 0 heterocycles. The fraction of sp³-hybridized carbons (Fsp3) is 0.385. The molecular formula is C13H13F4N. The predicted octanol–water partition coefficient (Wildman–Crippen LogP) is 4.06. The zero-order valence-electron chi connectivity index (χ0n) is 9.81. The normalized spacial score (nSPS) is 12.9. The number of benzene rings is 1. The first-order valence-electron chi connectivity index (χ1n) is 5.45. The van der Waals surface area contributed by atoms with E-state index in [1.807, 2.05) is 6.92 Å². The number of rotatable bonds is 4. The number of anilines is 1. The summed E-state index contributed by atoms with van der Waals surface area (Å²) in [5.41, 5.74) is -0.972. The van der Waals surface area contributed by atoms with Crippen LogP contribution in [0.25, 0.3) is 0 Å². The van der Waals surface area contributed by atoms with Gasteiger partial charge in [0.25, 0.3) is 0 Å². The molecule has 0 aliphatic heterocycles. The average molecular weight is 259 g/mol. The van der Waals surface area contributed by atoms with Crippen molar-refractivity contribution in [3.8, 4) is 12.3 Å². The summed E-state index contributed by atoms with van der Waals surface area (Å²) >= 11 is 0. The molecule has 0 radical (unpaired) electrons. The quantitative estimate of drug-likeness (QED) is 0.635. The Hall–Kier alpha value is -1.70. The second kappa shape index (κ2) is 5.76. The smallest absolute Gasteiger partial charge is 0.379 e. The zero-order valence-corrected chi connectivity index (χ0v) is 9.81. The van der Waals surface area contributed by atoms with Gasteiger partial charge in [-0.25, -0.2) is 4.39 Å². The van der Waals surface area contributed by atoms with Crippen molar-refractivity contribution in [2.75, 3.05) is 5.32 Å². The van der Waals surface area contributed by atoms with Crippen LogP contribution in [0.1, 0.15) is 25.3 Å². The maximum atomic E-state index is 13.5. The van der Waals surface area contributed by atoms with E-state index < -0.39 is 17.6 Å². The highest BCUT2D eigenvalue weighted by Crippen LogP contribution is 2.31. The Kier molecular flexibility index (Phi) is 4.60. The van der Waals surface area contributed by atoms with E-state index in [4.69, 9.17) is 6.42 Å². The molecule has 1 unspecified atom stereocenters. The summed E-state index contributed by atoms with van der Waals surface area (Å²) < 4.78 is 50.5. The van der Waals surface area contributed by atoms with Gasteiger partial charge in [0.15, 0.2) is 0 Å². The summed E-state index contributed by atoms with van der Waals surface area (Å²) in [6.45, 7) is 1.86. The van der Waals surface area contributed by atoms with Crippen LogP contribution in [0.3, 0.4) is 0 Å². The van der Waals surface area contributed by atoms with Gasteiger partial charge in [-0.3, -0.25) is 0 Å². The Morgan fingerprint density at radius 1 is 1.39 bits per heavy atom. The van der Waals surface area contributed by atoms with Crippen molar-refractivity contribution in [2.24, 2.45) is 0 Å². The van der Waals surface area contributed by atoms with Crippen LogP contribution in [-0.4, -0.2) is 6.04 Å². The lowest BCUT2D eigenvalue weighted by Crippen LogP contribution is -2.18. The summed E-state index contributed by atoms with van der Waals surface area (Å²) in [6.07, 6.45) is 1.65. The molecule has 1 nitrogen and oxygen atoms in total. The van der Waals surface area contributed by atoms with Gasteiger partial charge in [-0.15, -0.1) is 12.3 Å². The van der Waals surface area contributed by atoms with Gasteiger partial charge in [-0.2, -0.15) is 13.2 Å². The van der Waals surface area contributed by atoms with Crippen molar-refractivity contribution < 1.29 is 17.6 Å². The van der Waals surface area contributed by atoms with Gasteiger partial charge in [0.05, 0.1) is 11.3 Å². The van der Waals surface area contributed by atoms with Crippen LogP contribution in [0.2, 0.25) is 0 Å². The first-order valence-corrected chi connectivity index (χ1v) is 5.45. The molecule has 0 spiro atoms. The SMILES string of the molecule is C#CCC(CC)Nc1ccc(C(F)(F)F)cc1F.